The van der Waals surface area contributed by atoms with Crippen molar-refractivity contribution in [3.63, 3.8) is 0 Å². The molecule has 0 aromatic carbocycles. The highest BCUT2D eigenvalue weighted by atomic mass is 16.6. The van der Waals surface area contributed by atoms with Gasteiger partial charge in [0.05, 0.1) is 13.2 Å². The Morgan fingerprint density at radius 3 is 1.41 bits per heavy atom. The lowest BCUT2D eigenvalue weighted by Crippen LogP contribution is -2.25. The summed E-state index contributed by atoms with van der Waals surface area (Å²) in [5, 5.41) is 17.7. The summed E-state index contributed by atoms with van der Waals surface area (Å²) >= 11 is 0. The summed E-state index contributed by atoms with van der Waals surface area (Å²) in [5.74, 6) is 0.543. The van der Waals surface area contributed by atoms with E-state index in [-0.39, 0.29) is 19.2 Å². The molecule has 0 rings (SSSR count). The average Bonchev–Trinajstić information content (AvgIpc) is 2.65. The number of ether oxygens (including phenoxy) is 1. The maximum absolute atomic E-state index is 11.5. The predicted octanol–water partition coefficient (Wildman–Crippen LogP) is 5.78. The van der Waals surface area contributed by atoms with E-state index in [9.17, 15) is 4.79 Å². The maximum Gasteiger partial charge on any atom is 0.306 e. The number of esters is 1. The summed E-state index contributed by atoms with van der Waals surface area (Å²) in [7, 11) is 0. The standard InChI is InChI=1S/C23H46O4/c1-21(2)17-15-13-11-9-7-5-3-4-6-8-10-12-14-16-18-23(26)27-22(19-24)20-25/h21-22,24-25H,3-20H2,1-2H3. The SMILES string of the molecule is CC(C)CCCCCCCCCCCCCCCCC(=O)OC(CO)CO. The lowest BCUT2D eigenvalue weighted by molar-refractivity contribution is -0.153. The van der Waals surface area contributed by atoms with Gasteiger partial charge in [0.1, 0.15) is 6.10 Å². The minimum absolute atomic E-state index is 0.317. The number of aliphatic hydroxyl groups is 2. The molecule has 0 aliphatic carbocycles. The van der Waals surface area contributed by atoms with Gasteiger partial charge in [0.25, 0.3) is 0 Å². The zero-order chi connectivity index (χ0) is 20.2. The van der Waals surface area contributed by atoms with Crippen LogP contribution in [0.25, 0.3) is 0 Å². The van der Waals surface area contributed by atoms with Crippen molar-refractivity contribution in [2.24, 2.45) is 5.92 Å². The fraction of sp³-hybridized carbons (Fsp3) is 0.957. The lowest BCUT2D eigenvalue weighted by Gasteiger charge is -2.12. The van der Waals surface area contributed by atoms with Crippen molar-refractivity contribution in [2.45, 2.75) is 123 Å². The smallest absolute Gasteiger partial charge is 0.306 e. The van der Waals surface area contributed by atoms with Gasteiger partial charge in [-0.2, -0.15) is 0 Å². The Kier molecular flexibility index (Phi) is 19.7. The van der Waals surface area contributed by atoms with Crippen LogP contribution in [-0.2, 0) is 9.53 Å². The van der Waals surface area contributed by atoms with E-state index >= 15 is 0 Å². The quantitative estimate of drug-likeness (QED) is 0.205. The zero-order valence-electron chi connectivity index (χ0n) is 18.1. The summed E-state index contributed by atoms with van der Waals surface area (Å²) in [6.07, 6.45) is 19.2. The summed E-state index contributed by atoms with van der Waals surface area (Å²) in [5.41, 5.74) is 0. The first-order chi connectivity index (χ1) is 13.1. The van der Waals surface area contributed by atoms with Gasteiger partial charge in [-0.15, -0.1) is 0 Å². The van der Waals surface area contributed by atoms with E-state index in [1.54, 1.807) is 0 Å². The van der Waals surface area contributed by atoms with Crippen molar-refractivity contribution in [1.82, 2.24) is 0 Å². The van der Waals surface area contributed by atoms with Crippen LogP contribution < -0.4 is 0 Å². The van der Waals surface area contributed by atoms with Crippen molar-refractivity contribution in [3.05, 3.63) is 0 Å². The van der Waals surface area contributed by atoms with Gasteiger partial charge in [0.2, 0.25) is 0 Å². The molecule has 4 nitrogen and oxygen atoms in total. The monoisotopic (exact) mass is 386 g/mol. The third-order valence-electron chi connectivity index (χ3n) is 5.12. The van der Waals surface area contributed by atoms with Crippen LogP contribution in [0.15, 0.2) is 0 Å². The zero-order valence-corrected chi connectivity index (χ0v) is 18.1. The van der Waals surface area contributed by atoms with E-state index in [2.05, 4.69) is 13.8 Å². The number of hydrogen-bond donors (Lipinski definition) is 2. The molecule has 0 fully saturated rings. The van der Waals surface area contributed by atoms with E-state index in [1.165, 1.54) is 83.5 Å². The maximum atomic E-state index is 11.5. The molecule has 0 saturated heterocycles. The van der Waals surface area contributed by atoms with Crippen LogP contribution in [0.2, 0.25) is 0 Å². The molecule has 0 saturated carbocycles. The van der Waals surface area contributed by atoms with E-state index in [0.717, 1.165) is 18.8 Å². The molecule has 0 spiro atoms. The van der Waals surface area contributed by atoms with Gasteiger partial charge in [-0.25, -0.2) is 0 Å². The molecule has 0 aliphatic rings. The van der Waals surface area contributed by atoms with E-state index in [4.69, 9.17) is 14.9 Å². The fourth-order valence-electron chi connectivity index (χ4n) is 3.32. The summed E-state index contributed by atoms with van der Waals surface area (Å²) in [6.45, 7) is 3.98. The van der Waals surface area contributed by atoms with E-state index < -0.39 is 6.10 Å². The topological polar surface area (TPSA) is 66.8 Å². The highest BCUT2D eigenvalue weighted by molar-refractivity contribution is 5.69. The Morgan fingerprint density at radius 1 is 0.667 bits per heavy atom. The Balaban J connectivity index is 3.18. The van der Waals surface area contributed by atoms with Crippen LogP contribution in [0.1, 0.15) is 117 Å². The highest BCUT2D eigenvalue weighted by Gasteiger charge is 2.11. The summed E-state index contributed by atoms with van der Waals surface area (Å²) in [6, 6.07) is 0. The Morgan fingerprint density at radius 2 is 1.04 bits per heavy atom. The van der Waals surface area contributed by atoms with Gasteiger partial charge in [0.15, 0.2) is 0 Å². The van der Waals surface area contributed by atoms with Crippen molar-refractivity contribution in [3.8, 4) is 0 Å². The van der Waals surface area contributed by atoms with Crippen molar-refractivity contribution in [1.29, 1.82) is 0 Å². The number of carbonyl (C=O) groups is 1. The molecule has 0 aliphatic heterocycles. The van der Waals surface area contributed by atoms with Crippen LogP contribution in [0.4, 0.5) is 0 Å². The summed E-state index contributed by atoms with van der Waals surface area (Å²) < 4.78 is 4.94. The van der Waals surface area contributed by atoms with Crippen LogP contribution in [0, 0.1) is 5.92 Å². The van der Waals surface area contributed by atoms with Crippen molar-refractivity contribution >= 4 is 5.97 Å². The first kappa shape index (κ1) is 26.4. The minimum atomic E-state index is -0.762. The second-order valence-corrected chi connectivity index (χ2v) is 8.36. The van der Waals surface area contributed by atoms with Crippen LogP contribution in [0.5, 0.6) is 0 Å². The van der Waals surface area contributed by atoms with Crippen LogP contribution in [0.3, 0.4) is 0 Å². The number of rotatable bonds is 20. The molecule has 0 aromatic rings. The molecule has 0 unspecified atom stereocenters. The first-order valence-corrected chi connectivity index (χ1v) is 11.5. The Labute approximate surface area is 168 Å². The second-order valence-electron chi connectivity index (χ2n) is 8.36. The minimum Gasteiger partial charge on any atom is -0.457 e. The third-order valence-corrected chi connectivity index (χ3v) is 5.12. The predicted molar refractivity (Wildman–Crippen MR) is 113 cm³/mol. The molecule has 0 bridgehead atoms. The molecular formula is C23H46O4. The van der Waals surface area contributed by atoms with Crippen LogP contribution >= 0.6 is 0 Å². The third kappa shape index (κ3) is 19.9. The van der Waals surface area contributed by atoms with Crippen molar-refractivity contribution < 1.29 is 19.7 Å². The van der Waals surface area contributed by atoms with Gasteiger partial charge < -0.3 is 14.9 Å². The molecule has 4 heteroatoms. The first-order valence-electron chi connectivity index (χ1n) is 11.5. The van der Waals surface area contributed by atoms with E-state index in [1.807, 2.05) is 0 Å². The van der Waals surface area contributed by atoms with Gasteiger partial charge in [-0.05, 0) is 12.3 Å². The second kappa shape index (κ2) is 20.1. The molecule has 0 amide bonds. The van der Waals surface area contributed by atoms with Gasteiger partial charge in [-0.1, -0.05) is 104 Å². The Bertz CT molecular complexity index is 314. The fourth-order valence-corrected chi connectivity index (χ4v) is 3.32. The normalized spacial score (nSPS) is 11.5. The van der Waals surface area contributed by atoms with Gasteiger partial charge >= 0.3 is 5.97 Å². The largest absolute Gasteiger partial charge is 0.457 e. The molecular weight excluding hydrogens is 340 g/mol. The molecule has 0 radical (unpaired) electrons. The van der Waals surface area contributed by atoms with Gasteiger partial charge in [0, 0.05) is 6.42 Å². The molecule has 0 aromatic heterocycles. The van der Waals surface area contributed by atoms with Crippen molar-refractivity contribution in [2.75, 3.05) is 13.2 Å². The molecule has 27 heavy (non-hydrogen) atoms. The highest BCUT2D eigenvalue weighted by Crippen LogP contribution is 2.15. The van der Waals surface area contributed by atoms with Crippen LogP contribution in [-0.4, -0.2) is 35.5 Å². The number of aliphatic hydroxyl groups excluding tert-OH is 2. The molecule has 2 N–H and O–H groups in total. The lowest BCUT2D eigenvalue weighted by atomic mass is 10.0. The Hall–Kier alpha value is -0.610. The van der Waals surface area contributed by atoms with Gasteiger partial charge in [-0.3, -0.25) is 4.79 Å². The molecule has 162 valence electrons. The number of unbranched alkanes of at least 4 members (excludes halogenated alkanes) is 13. The number of carbonyl (C=O) groups excluding carboxylic acids is 1. The van der Waals surface area contributed by atoms with E-state index in [0.29, 0.717) is 6.42 Å². The summed E-state index contributed by atoms with van der Waals surface area (Å²) in [4.78, 5) is 11.5. The molecule has 0 atom stereocenters. The molecule has 0 heterocycles. The number of hydrogen-bond acceptors (Lipinski definition) is 4. The average molecular weight is 387 g/mol.